The minimum Gasteiger partial charge on any atom is -0.392 e. The maximum Gasteiger partial charge on any atom is 0.159 e. The number of aliphatic hydroxyl groups is 1. The Bertz CT molecular complexity index is 804. The zero-order valence-electron chi connectivity index (χ0n) is 11.5. The van der Waals surface area contributed by atoms with Crippen LogP contribution in [0.4, 0.5) is 0 Å². The number of aromatic nitrogens is 2. The fraction of sp³-hybridized carbons (Fsp3) is 0.0588. The van der Waals surface area contributed by atoms with Crippen LogP contribution >= 0.6 is 23.2 Å². The van der Waals surface area contributed by atoms with Crippen molar-refractivity contribution < 1.29 is 5.11 Å². The Kier molecular flexibility index (Phi) is 4.39. The Hall–Kier alpha value is -1.94. The summed E-state index contributed by atoms with van der Waals surface area (Å²) in [6.45, 7) is -0.151. The van der Waals surface area contributed by atoms with E-state index in [0.29, 0.717) is 27.1 Å². The second-order valence-corrected chi connectivity index (χ2v) is 5.56. The Balaban J connectivity index is 2.15. The predicted octanol–water partition coefficient (Wildman–Crippen LogP) is 4.61. The van der Waals surface area contributed by atoms with Crippen LogP contribution in [-0.4, -0.2) is 15.1 Å². The highest BCUT2D eigenvalue weighted by atomic mass is 35.5. The first-order valence-corrected chi connectivity index (χ1v) is 7.42. The number of halogens is 2. The largest absolute Gasteiger partial charge is 0.392 e. The molecule has 1 N–H and O–H groups in total. The van der Waals surface area contributed by atoms with Gasteiger partial charge in [0.25, 0.3) is 0 Å². The molecule has 0 radical (unpaired) electrons. The van der Waals surface area contributed by atoms with Crippen LogP contribution in [0, 0.1) is 0 Å². The number of hydrogen-bond acceptors (Lipinski definition) is 3. The van der Waals surface area contributed by atoms with Gasteiger partial charge in [0, 0.05) is 32.9 Å². The second kappa shape index (κ2) is 6.44. The molecule has 0 aliphatic carbocycles. The first-order valence-electron chi connectivity index (χ1n) is 6.66. The van der Waals surface area contributed by atoms with Crippen LogP contribution < -0.4 is 0 Å². The number of nitrogens with zero attached hydrogens (tertiary/aromatic N) is 2. The summed E-state index contributed by atoms with van der Waals surface area (Å²) in [5.41, 5.74) is 2.88. The van der Waals surface area contributed by atoms with Gasteiger partial charge >= 0.3 is 0 Å². The van der Waals surface area contributed by atoms with Crippen molar-refractivity contribution in [2.24, 2.45) is 0 Å². The summed E-state index contributed by atoms with van der Waals surface area (Å²) >= 11 is 12.2. The fourth-order valence-corrected chi connectivity index (χ4v) is 2.50. The molecule has 1 heterocycles. The van der Waals surface area contributed by atoms with E-state index in [1.807, 2.05) is 30.3 Å². The van der Waals surface area contributed by atoms with Crippen molar-refractivity contribution in [3.05, 3.63) is 70.3 Å². The van der Waals surface area contributed by atoms with Crippen LogP contribution in [0.2, 0.25) is 10.0 Å². The second-order valence-electron chi connectivity index (χ2n) is 4.71. The van der Waals surface area contributed by atoms with E-state index in [4.69, 9.17) is 23.2 Å². The van der Waals surface area contributed by atoms with Crippen molar-refractivity contribution in [3.63, 3.8) is 0 Å². The van der Waals surface area contributed by atoms with Gasteiger partial charge in [-0.15, -0.1) is 0 Å². The molecule has 0 atom stereocenters. The number of benzene rings is 2. The zero-order chi connectivity index (χ0) is 15.5. The Labute approximate surface area is 138 Å². The predicted molar refractivity (Wildman–Crippen MR) is 88.8 cm³/mol. The maximum absolute atomic E-state index is 9.53. The van der Waals surface area contributed by atoms with E-state index < -0.39 is 0 Å². The fourth-order valence-electron chi connectivity index (χ4n) is 2.15. The van der Waals surface area contributed by atoms with Crippen molar-refractivity contribution in [2.75, 3.05) is 0 Å². The number of rotatable bonds is 3. The average molecular weight is 331 g/mol. The molecule has 5 heteroatoms. The molecule has 3 rings (SSSR count). The molecular formula is C17H12Cl2N2O. The van der Waals surface area contributed by atoms with Gasteiger partial charge in [-0.05, 0) is 30.3 Å². The normalized spacial score (nSPS) is 10.7. The molecular weight excluding hydrogens is 319 g/mol. The van der Waals surface area contributed by atoms with Crippen LogP contribution in [0.25, 0.3) is 22.6 Å². The zero-order valence-corrected chi connectivity index (χ0v) is 13.0. The first kappa shape index (κ1) is 15.0. The van der Waals surface area contributed by atoms with Crippen LogP contribution in [0.3, 0.4) is 0 Å². The monoisotopic (exact) mass is 330 g/mol. The van der Waals surface area contributed by atoms with Crippen molar-refractivity contribution in [1.82, 2.24) is 9.97 Å². The molecule has 0 unspecified atom stereocenters. The molecule has 0 saturated heterocycles. The molecule has 0 aliphatic heterocycles. The molecule has 22 heavy (non-hydrogen) atoms. The molecule has 3 nitrogen and oxygen atoms in total. The van der Waals surface area contributed by atoms with Gasteiger partial charge in [-0.2, -0.15) is 0 Å². The lowest BCUT2D eigenvalue weighted by molar-refractivity contribution is 0.281. The first-order chi connectivity index (χ1) is 10.7. The van der Waals surface area contributed by atoms with Gasteiger partial charge in [0.1, 0.15) is 0 Å². The highest BCUT2D eigenvalue weighted by Crippen LogP contribution is 2.30. The Morgan fingerprint density at radius 1 is 0.955 bits per heavy atom. The van der Waals surface area contributed by atoms with Crippen molar-refractivity contribution in [1.29, 1.82) is 0 Å². The van der Waals surface area contributed by atoms with Crippen molar-refractivity contribution in [3.8, 4) is 22.6 Å². The van der Waals surface area contributed by atoms with Gasteiger partial charge < -0.3 is 5.11 Å². The molecule has 0 saturated carbocycles. The standard InChI is InChI=1S/C17H12Cl2N2O/c18-13-7-5-11(6-8-13)17-20-9-12(10-22)16(21-17)14-3-1-2-4-15(14)19/h1-9,22H,10H2. The van der Waals surface area contributed by atoms with E-state index in [1.54, 1.807) is 24.4 Å². The summed E-state index contributed by atoms with van der Waals surface area (Å²) in [4.78, 5) is 8.88. The third-order valence-electron chi connectivity index (χ3n) is 3.27. The van der Waals surface area contributed by atoms with Crippen LogP contribution in [-0.2, 0) is 6.61 Å². The molecule has 0 fully saturated rings. The molecule has 0 amide bonds. The van der Waals surface area contributed by atoms with Crippen molar-refractivity contribution in [2.45, 2.75) is 6.61 Å². The van der Waals surface area contributed by atoms with Crippen LogP contribution in [0.1, 0.15) is 5.56 Å². The molecule has 0 bridgehead atoms. The SMILES string of the molecule is OCc1cnc(-c2ccc(Cl)cc2)nc1-c1ccccc1Cl. The maximum atomic E-state index is 9.53. The van der Waals surface area contributed by atoms with Gasteiger partial charge in [0.2, 0.25) is 0 Å². The summed E-state index contributed by atoms with van der Waals surface area (Å²) in [6.07, 6.45) is 1.62. The van der Waals surface area contributed by atoms with Gasteiger partial charge in [-0.25, -0.2) is 9.97 Å². The quantitative estimate of drug-likeness (QED) is 0.762. The molecule has 2 aromatic carbocycles. The van der Waals surface area contributed by atoms with E-state index in [0.717, 1.165) is 11.1 Å². The minimum absolute atomic E-state index is 0.151. The van der Waals surface area contributed by atoms with E-state index in [2.05, 4.69) is 9.97 Å². The van der Waals surface area contributed by atoms with Gasteiger partial charge in [0.15, 0.2) is 5.82 Å². The summed E-state index contributed by atoms with van der Waals surface area (Å²) in [6, 6.07) is 14.7. The Morgan fingerprint density at radius 3 is 2.36 bits per heavy atom. The summed E-state index contributed by atoms with van der Waals surface area (Å²) in [7, 11) is 0. The van der Waals surface area contributed by atoms with Crippen LogP contribution in [0.15, 0.2) is 54.7 Å². The number of hydrogen-bond donors (Lipinski definition) is 1. The lowest BCUT2D eigenvalue weighted by atomic mass is 10.1. The van der Waals surface area contributed by atoms with E-state index in [-0.39, 0.29) is 6.61 Å². The molecule has 0 spiro atoms. The summed E-state index contributed by atoms with van der Waals surface area (Å²) in [5.74, 6) is 0.559. The van der Waals surface area contributed by atoms with E-state index >= 15 is 0 Å². The summed E-state index contributed by atoms with van der Waals surface area (Å²) < 4.78 is 0. The number of aliphatic hydroxyl groups excluding tert-OH is 1. The van der Waals surface area contributed by atoms with E-state index in [9.17, 15) is 5.11 Å². The highest BCUT2D eigenvalue weighted by Gasteiger charge is 2.12. The van der Waals surface area contributed by atoms with Gasteiger partial charge in [-0.3, -0.25) is 0 Å². The van der Waals surface area contributed by atoms with Crippen molar-refractivity contribution >= 4 is 23.2 Å². The molecule has 3 aromatic rings. The minimum atomic E-state index is -0.151. The van der Waals surface area contributed by atoms with E-state index in [1.165, 1.54) is 0 Å². The topological polar surface area (TPSA) is 46.0 Å². The van der Waals surface area contributed by atoms with Crippen LogP contribution in [0.5, 0.6) is 0 Å². The lowest BCUT2D eigenvalue weighted by Gasteiger charge is -2.10. The molecule has 1 aromatic heterocycles. The summed E-state index contributed by atoms with van der Waals surface area (Å²) in [5, 5.41) is 10.8. The highest BCUT2D eigenvalue weighted by molar-refractivity contribution is 6.33. The smallest absolute Gasteiger partial charge is 0.159 e. The molecule has 110 valence electrons. The third-order valence-corrected chi connectivity index (χ3v) is 3.85. The van der Waals surface area contributed by atoms with Gasteiger partial charge in [-0.1, -0.05) is 41.4 Å². The Morgan fingerprint density at radius 2 is 1.68 bits per heavy atom. The molecule has 0 aliphatic rings. The van der Waals surface area contributed by atoms with Gasteiger partial charge in [0.05, 0.1) is 12.3 Å². The lowest BCUT2D eigenvalue weighted by Crippen LogP contribution is -1.99. The third kappa shape index (κ3) is 2.97. The average Bonchev–Trinajstić information content (AvgIpc) is 2.55.